The van der Waals surface area contributed by atoms with Gasteiger partial charge in [-0.15, -0.1) is 23.5 Å². The zero-order chi connectivity index (χ0) is 56.8. The Kier molecular flexibility index (Phi) is 10.5. The predicted molar refractivity (Wildman–Crippen MR) is 363 cm³/mol. The summed E-state index contributed by atoms with van der Waals surface area (Å²) in [6.07, 6.45) is 5.20. The highest BCUT2D eigenvalue weighted by Gasteiger charge is 2.65. The number of benzene rings is 10. The Morgan fingerprint density at radius 3 is 1.09 bits per heavy atom. The van der Waals surface area contributed by atoms with Crippen LogP contribution in [-0.2, 0) is 29.3 Å². The van der Waals surface area contributed by atoms with Gasteiger partial charge in [0.05, 0.1) is 11.0 Å². The SMILES string of the molecule is CCn1c2ccccc2c2ccc(N(c3ccc4c(c3)C(C)(C)c3ccccc3-4)c3ccc4c(c3)C3(c5cc(N(c6ccc7c(c6)C(C)(C)c6ccccc6-7)c6ccc7c8ccccc8n(CC)c7c6)ccc5-4)C4C=CSC4C4SC=CC43)cc21. The number of aryl methyl sites for hydroxylation is 2. The maximum atomic E-state index is 2.64. The van der Waals surface area contributed by atoms with Crippen molar-refractivity contribution in [3.8, 4) is 33.4 Å². The van der Waals surface area contributed by atoms with Gasteiger partial charge in [-0.3, -0.25) is 0 Å². The second-order valence-corrected chi connectivity index (χ2v) is 27.8. The lowest BCUT2D eigenvalue weighted by Crippen LogP contribution is -2.36. The number of anilines is 6. The van der Waals surface area contributed by atoms with Gasteiger partial charge in [-0.05, 0) is 176 Å². The molecule has 0 amide bonds. The van der Waals surface area contributed by atoms with Crippen molar-refractivity contribution in [2.75, 3.05) is 9.80 Å². The largest absolute Gasteiger partial charge is 0.341 e. The van der Waals surface area contributed by atoms with Gasteiger partial charge in [-0.1, -0.05) is 161 Å². The van der Waals surface area contributed by atoms with Crippen LogP contribution in [0.3, 0.4) is 0 Å². The van der Waals surface area contributed by atoms with Gasteiger partial charge in [0.2, 0.25) is 0 Å². The highest BCUT2D eigenvalue weighted by atomic mass is 32.2. The van der Waals surface area contributed by atoms with Crippen molar-refractivity contribution in [3.63, 3.8) is 0 Å². The summed E-state index contributed by atoms with van der Waals surface area (Å²) >= 11 is 4.13. The Morgan fingerprint density at radius 2 is 0.671 bits per heavy atom. The Balaban J connectivity index is 0.859. The van der Waals surface area contributed by atoms with E-state index in [1.54, 1.807) is 0 Å². The van der Waals surface area contributed by atoms with E-state index in [-0.39, 0.29) is 16.2 Å². The first-order chi connectivity index (χ1) is 41.6. The van der Waals surface area contributed by atoms with Crippen LogP contribution in [0.5, 0.6) is 0 Å². The van der Waals surface area contributed by atoms with Crippen LogP contribution >= 0.6 is 23.5 Å². The van der Waals surface area contributed by atoms with Gasteiger partial charge < -0.3 is 18.9 Å². The molecule has 18 rings (SSSR count). The fourth-order valence-electron chi connectivity index (χ4n) is 17.4. The molecule has 0 bridgehead atoms. The minimum Gasteiger partial charge on any atom is -0.341 e. The molecule has 0 N–H and O–H groups in total. The molecule has 6 aliphatic rings. The number of rotatable bonds is 8. The van der Waals surface area contributed by atoms with Crippen LogP contribution in [0.15, 0.2) is 229 Å². The van der Waals surface area contributed by atoms with E-state index in [1.807, 2.05) is 0 Å². The molecule has 0 saturated heterocycles. The average molecular weight is 1130 g/mol. The lowest BCUT2D eigenvalue weighted by Gasteiger charge is -2.38. The normalized spacial score (nSPS) is 19.8. The van der Waals surface area contributed by atoms with E-state index in [0.29, 0.717) is 22.3 Å². The van der Waals surface area contributed by atoms with Crippen molar-refractivity contribution in [2.24, 2.45) is 11.8 Å². The van der Waals surface area contributed by atoms with E-state index < -0.39 is 0 Å². The number of para-hydroxylation sites is 2. The summed E-state index contributed by atoms with van der Waals surface area (Å²) in [4.78, 5) is 5.17. The molecule has 0 radical (unpaired) electrons. The molecule has 4 heterocycles. The number of nitrogens with zero attached hydrogens (tertiary/aromatic N) is 4. The second-order valence-electron chi connectivity index (χ2n) is 25.6. The third-order valence-corrected chi connectivity index (χ3v) is 23.7. The van der Waals surface area contributed by atoms with E-state index in [4.69, 9.17) is 0 Å². The van der Waals surface area contributed by atoms with Crippen LogP contribution in [0.4, 0.5) is 34.1 Å². The molecule has 6 heteroatoms. The number of thioether (sulfide) groups is 2. The topological polar surface area (TPSA) is 16.3 Å². The zero-order valence-corrected chi connectivity index (χ0v) is 50.4. The molecule has 4 unspecified atom stereocenters. The van der Waals surface area contributed by atoms with Gasteiger partial charge in [0.1, 0.15) is 0 Å². The van der Waals surface area contributed by atoms with Crippen LogP contribution < -0.4 is 9.80 Å². The molecule has 412 valence electrons. The molecule has 1 spiro atoms. The number of aromatic nitrogens is 2. The van der Waals surface area contributed by atoms with Crippen LogP contribution in [0.1, 0.15) is 74.9 Å². The molecule has 2 aliphatic heterocycles. The molecule has 1 fully saturated rings. The van der Waals surface area contributed by atoms with E-state index in [9.17, 15) is 0 Å². The van der Waals surface area contributed by atoms with Gasteiger partial charge in [0.25, 0.3) is 0 Å². The van der Waals surface area contributed by atoms with E-state index >= 15 is 0 Å². The maximum absolute atomic E-state index is 2.64. The maximum Gasteiger partial charge on any atom is 0.0512 e. The van der Waals surface area contributed by atoms with Crippen molar-refractivity contribution in [2.45, 2.75) is 81.4 Å². The van der Waals surface area contributed by atoms with Crippen LogP contribution in [0, 0.1) is 11.8 Å². The summed E-state index contributed by atoms with van der Waals surface area (Å²) < 4.78 is 5.00. The lowest BCUT2D eigenvalue weighted by atomic mass is 9.65. The predicted octanol–water partition coefficient (Wildman–Crippen LogP) is 21.3. The molecule has 10 aromatic carbocycles. The van der Waals surface area contributed by atoms with Gasteiger partial charge in [-0.25, -0.2) is 0 Å². The van der Waals surface area contributed by atoms with Crippen LogP contribution in [0.2, 0.25) is 0 Å². The van der Waals surface area contributed by atoms with Gasteiger partial charge in [0, 0.05) is 118 Å². The Labute approximate surface area is 506 Å². The van der Waals surface area contributed by atoms with Crippen LogP contribution in [0.25, 0.3) is 77.0 Å². The van der Waals surface area contributed by atoms with Gasteiger partial charge in [-0.2, -0.15) is 0 Å². The van der Waals surface area contributed by atoms with Crippen molar-refractivity contribution in [1.29, 1.82) is 0 Å². The third-order valence-electron chi connectivity index (χ3n) is 21.1. The van der Waals surface area contributed by atoms with Crippen molar-refractivity contribution < 1.29 is 0 Å². The number of fused-ring (bicyclic) bond motifs is 22. The quantitative estimate of drug-likeness (QED) is 0.151. The van der Waals surface area contributed by atoms with E-state index in [0.717, 1.165) is 24.5 Å². The van der Waals surface area contributed by atoms with Gasteiger partial charge >= 0.3 is 0 Å². The highest BCUT2D eigenvalue weighted by molar-refractivity contribution is 8.06. The fraction of sp³-hybridized carbons (Fsp3) is 0.190. The highest BCUT2D eigenvalue weighted by Crippen LogP contribution is 2.70. The number of hydrogen-bond acceptors (Lipinski definition) is 4. The van der Waals surface area contributed by atoms with Gasteiger partial charge in [0.15, 0.2) is 0 Å². The zero-order valence-electron chi connectivity index (χ0n) is 48.8. The molecule has 85 heavy (non-hydrogen) atoms. The summed E-state index contributed by atoms with van der Waals surface area (Å²) in [5.74, 6) is 0.591. The third kappa shape index (κ3) is 6.57. The molecule has 4 nitrogen and oxygen atoms in total. The monoisotopic (exact) mass is 1130 g/mol. The number of allylic oxidation sites excluding steroid dienone is 2. The molecule has 1 saturated carbocycles. The first kappa shape index (κ1) is 50.0. The number of hydrogen-bond donors (Lipinski definition) is 0. The van der Waals surface area contributed by atoms with E-state index in [1.165, 1.54) is 133 Å². The molecular weight excluding hydrogens is 1070 g/mol. The van der Waals surface area contributed by atoms with Crippen molar-refractivity contribution >= 4 is 101 Å². The molecule has 12 aromatic rings. The summed E-state index contributed by atoms with van der Waals surface area (Å²) in [5.41, 5.74) is 28.0. The Bertz CT molecular complexity index is 4640. The minimum absolute atomic E-state index is 0.157. The fourth-order valence-corrected chi connectivity index (χ4v) is 20.3. The first-order valence-electron chi connectivity index (χ1n) is 30.6. The summed E-state index contributed by atoms with van der Waals surface area (Å²) in [6.45, 7) is 16.0. The summed E-state index contributed by atoms with van der Waals surface area (Å²) in [5, 5.41) is 11.0. The lowest BCUT2D eigenvalue weighted by molar-refractivity contribution is 0.399. The Hall–Kier alpha value is -8.42. The first-order valence-corrected chi connectivity index (χ1v) is 32.5. The molecule has 4 aliphatic carbocycles. The molecular formula is C79H64N4S2. The molecule has 4 atom stereocenters. The van der Waals surface area contributed by atoms with Crippen molar-refractivity contribution in [3.05, 3.63) is 263 Å². The summed E-state index contributed by atoms with van der Waals surface area (Å²) in [7, 11) is 0. The summed E-state index contributed by atoms with van der Waals surface area (Å²) in [6, 6.07) is 80.1. The standard InChI is InChI=1S/C79H64N4S2/c1-7-80-71-23-15-11-19-59(71)61-35-29-51(45-73(61)80)82(47-25-31-55-53-17-9-13-21-63(53)77(3,4)67(55)41-47)49-27-33-57-58-34-28-50(44-70(58)79(69(57)43-49)65-37-39-84-75(65)76-66(79)38-40-85-76)83(48-26-32-56-54-18-10-14-22-64(54)78(5,6)68(56)42-48)52-30-36-62-60-20-12-16-24-72(60)81(8-2)74(62)46-52/h9-46,65-66,75-76H,7-8H2,1-6H3. The second kappa shape index (κ2) is 17.8. The smallest absolute Gasteiger partial charge is 0.0512 e. The minimum atomic E-state index is -0.330. The van der Waals surface area contributed by atoms with Crippen LogP contribution in [-0.4, -0.2) is 19.6 Å². The van der Waals surface area contributed by atoms with Crippen molar-refractivity contribution in [1.82, 2.24) is 9.13 Å². The Morgan fingerprint density at radius 1 is 0.341 bits per heavy atom. The van der Waals surface area contributed by atoms with E-state index in [2.05, 4.69) is 313 Å². The average Bonchev–Trinajstić information content (AvgIpc) is 1.54. The molecule has 2 aromatic heterocycles.